The standard InChI is InChI=1S/C14H23N3O/c1-9(2)10(3)7-16-14(18)13-6-11(15)8-17(13)12-4-5-12/h6,8-10,12H,4-5,7,15H2,1-3H3,(H,16,18). The Balaban J connectivity index is 2.00. The maximum Gasteiger partial charge on any atom is 0.268 e. The molecule has 1 heterocycles. The zero-order chi connectivity index (χ0) is 13.3. The molecule has 1 fully saturated rings. The minimum absolute atomic E-state index is 0.00824. The van der Waals surface area contributed by atoms with Crippen molar-refractivity contribution in [1.82, 2.24) is 9.88 Å². The number of carbonyl (C=O) groups excluding carboxylic acids is 1. The quantitative estimate of drug-likeness (QED) is 0.842. The van der Waals surface area contributed by atoms with E-state index in [1.54, 1.807) is 6.07 Å². The second-order valence-corrected chi connectivity index (χ2v) is 5.73. The summed E-state index contributed by atoms with van der Waals surface area (Å²) in [5, 5.41) is 3.00. The smallest absolute Gasteiger partial charge is 0.268 e. The van der Waals surface area contributed by atoms with Crippen molar-refractivity contribution >= 4 is 11.6 Å². The highest BCUT2D eigenvalue weighted by molar-refractivity contribution is 5.93. The number of nitrogens with one attached hydrogen (secondary N) is 1. The third kappa shape index (κ3) is 2.86. The molecule has 0 bridgehead atoms. The van der Waals surface area contributed by atoms with Crippen LogP contribution in [0.2, 0.25) is 0 Å². The Morgan fingerprint density at radius 2 is 2.17 bits per heavy atom. The van der Waals surface area contributed by atoms with E-state index in [2.05, 4.69) is 26.1 Å². The van der Waals surface area contributed by atoms with Crippen LogP contribution in [0.1, 0.15) is 50.1 Å². The van der Waals surface area contributed by atoms with Gasteiger partial charge in [0.1, 0.15) is 5.69 Å². The molecule has 3 N–H and O–H groups in total. The zero-order valence-electron chi connectivity index (χ0n) is 11.4. The molecule has 4 nitrogen and oxygen atoms in total. The van der Waals surface area contributed by atoms with Crippen LogP contribution in [0.5, 0.6) is 0 Å². The Morgan fingerprint density at radius 3 is 2.72 bits per heavy atom. The van der Waals surface area contributed by atoms with Gasteiger partial charge in [-0.3, -0.25) is 4.79 Å². The summed E-state index contributed by atoms with van der Waals surface area (Å²) in [6.45, 7) is 7.20. The first-order chi connectivity index (χ1) is 8.49. The van der Waals surface area contributed by atoms with Gasteiger partial charge < -0.3 is 15.6 Å². The van der Waals surface area contributed by atoms with E-state index in [9.17, 15) is 4.79 Å². The molecule has 100 valence electrons. The third-order valence-electron chi connectivity index (χ3n) is 3.77. The molecule has 1 aliphatic carbocycles. The molecule has 1 atom stereocenters. The number of hydrogen-bond acceptors (Lipinski definition) is 2. The first kappa shape index (κ1) is 13.0. The van der Waals surface area contributed by atoms with Crippen LogP contribution in [-0.2, 0) is 0 Å². The van der Waals surface area contributed by atoms with Crippen molar-refractivity contribution in [3.8, 4) is 0 Å². The number of nitrogens with two attached hydrogens (primary N) is 1. The van der Waals surface area contributed by atoms with E-state index >= 15 is 0 Å². The van der Waals surface area contributed by atoms with Crippen molar-refractivity contribution in [1.29, 1.82) is 0 Å². The fourth-order valence-electron chi connectivity index (χ4n) is 1.92. The number of nitrogens with zero attached hydrogens (tertiary/aromatic N) is 1. The fraction of sp³-hybridized carbons (Fsp3) is 0.643. The van der Waals surface area contributed by atoms with E-state index in [4.69, 9.17) is 5.73 Å². The molecule has 18 heavy (non-hydrogen) atoms. The number of amides is 1. The van der Waals surface area contributed by atoms with Gasteiger partial charge in [-0.1, -0.05) is 20.8 Å². The predicted octanol–water partition coefficient (Wildman–Crippen LogP) is 2.43. The van der Waals surface area contributed by atoms with Crippen molar-refractivity contribution in [3.05, 3.63) is 18.0 Å². The molecule has 1 amide bonds. The molecule has 2 rings (SSSR count). The van der Waals surface area contributed by atoms with Crippen molar-refractivity contribution in [2.75, 3.05) is 12.3 Å². The minimum atomic E-state index is -0.00824. The molecule has 1 aromatic heterocycles. The van der Waals surface area contributed by atoms with Crippen LogP contribution in [0.4, 0.5) is 5.69 Å². The number of rotatable bonds is 5. The minimum Gasteiger partial charge on any atom is -0.397 e. The summed E-state index contributed by atoms with van der Waals surface area (Å²) in [6.07, 6.45) is 4.17. The Hall–Kier alpha value is -1.45. The summed E-state index contributed by atoms with van der Waals surface area (Å²) in [6, 6.07) is 2.25. The maximum absolute atomic E-state index is 12.2. The number of aromatic nitrogens is 1. The lowest BCUT2D eigenvalue weighted by Gasteiger charge is -2.16. The van der Waals surface area contributed by atoms with Gasteiger partial charge in [0.15, 0.2) is 0 Å². The largest absolute Gasteiger partial charge is 0.397 e. The van der Waals surface area contributed by atoms with Gasteiger partial charge in [0.25, 0.3) is 5.91 Å². The fourth-order valence-corrected chi connectivity index (χ4v) is 1.92. The molecular formula is C14H23N3O. The summed E-state index contributed by atoms with van der Waals surface area (Å²) in [7, 11) is 0. The molecule has 1 saturated carbocycles. The Labute approximate surface area is 109 Å². The molecule has 1 unspecified atom stereocenters. The van der Waals surface area contributed by atoms with Gasteiger partial charge in [0.05, 0.1) is 5.69 Å². The normalized spacial score (nSPS) is 16.9. The van der Waals surface area contributed by atoms with Gasteiger partial charge in [-0.2, -0.15) is 0 Å². The highest BCUT2D eigenvalue weighted by Crippen LogP contribution is 2.37. The number of hydrogen-bond donors (Lipinski definition) is 2. The van der Waals surface area contributed by atoms with Gasteiger partial charge >= 0.3 is 0 Å². The number of nitrogen functional groups attached to an aromatic ring is 1. The highest BCUT2D eigenvalue weighted by atomic mass is 16.1. The van der Waals surface area contributed by atoms with Crippen molar-refractivity contribution in [3.63, 3.8) is 0 Å². The molecule has 1 aromatic rings. The van der Waals surface area contributed by atoms with E-state index in [1.165, 1.54) is 0 Å². The van der Waals surface area contributed by atoms with Gasteiger partial charge in [0.2, 0.25) is 0 Å². The summed E-state index contributed by atoms with van der Waals surface area (Å²) in [5.74, 6) is 1.05. The lowest BCUT2D eigenvalue weighted by atomic mass is 9.98. The maximum atomic E-state index is 12.2. The predicted molar refractivity (Wildman–Crippen MR) is 73.5 cm³/mol. The van der Waals surface area contributed by atoms with Crippen molar-refractivity contribution in [2.45, 2.75) is 39.7 Å². The van der Waals surface area contributed by atoms with Gasteiger partial charge in [-0.05, 0) is 30.7 Å². The first-order valence-electron chi connectivity index (χ1n) is 6.74. The zero-order valence-corrected chi connectivity index (χ0v) is 11.4. The van der Waals surface area contributed by atoms with E-state index in [0.717, 1.165) is 12.8 Å². The Bertz CT molecular complexity index is 432. The summed E-state index contributed by atoms with van der Waals surface area (Å²) >= 11 is 0. The lowest BCUT2D eigenvalue weighted by molar-refractivity contribution is 0.0935. The molecule has 4 heteroatoms. The molecule has 1 aliphatic rings. The van der Waals surface area contributed by atoms with Crippen LogP contribution in [0.25, 0.3) is 0 Å². The summed E-state index contributed by atoms with van der Waals surface area (Å²) in [4.78, 5) is 12.2. The molecule has 0 saturated heterocycles. The first-order valence-corrected chi connectivity index (χ1v) is 6.74. The highest BCUT2D eigenvalue weighted by Gasteiger charge is 2.27. The third-order valence-corrected chi connectivity index (χ3v) is 3.77. The summed E-state index contributed by atoms with van der Waals surface area (Å²) in [5.41, 5.74) is 7.16. The van der Waals surface area contributed by atoms with E-state index in [-0.39, 0.29) is 5.91 Å². The van der Waals surface area contributed by atoms with Gasteiger partial charge in [0, 0.05) is 18.8 Å². The molecule has 0 aromatic carbocycles. The van der Waals surface area contributed by atoms with Crippen LogP contribution >= 0.6 is 0 Å². The lowest BCUT2D eigenvalue weighted by Crippen LogP contribution is -2.31. The van der Waals surface area contributed by atoms with E-state index in [1.807, 2.05) is 10.8 Å². The number of anilines is 1. The van der Waals surface area contributed by atoms with Crippen molar-refractivity contribution < 1.29 is 4.79 Å². The van der Waals surface area contributed by atoms with Crippen LogP contribution in [0, 0.1) is 11.8 Å². The average molecular weight is 249 g/mol. The second-order valence-electron chi connectivity index (χ2n) is 5.73. The number of carbonyl (C=O) groups is 1. The Morgan fingerprint density at radius 1 is 1.50 bits per heavy atom. The van der Waals surface area contributed by atoms with Crippen LogP contribution in [-0.4, -0.2) is 17.0 Å². The molecule has 0 aliphatic heterocycles. The second kappa shape index (κ2) is 5.04. The SMILES string of the molecule is CC(C)C(C)CNC(=O)c1cc(N)cn1C1CC1. The van der Waals surface area contributed by atoms with Crippen LogP contribution in [0.3, 0.4) is 0 Å². The molecular weight excluding hydrogens is 226 g/mol. The monoisotopic (exact) mass is 249 g/mol. The van der Waals surface area contributed by atoms with E-state index < -0.39 is 0 Å². The molecule has 0 radical (unpaired) electrons. The van der Waals surface area contributed by atoms with E-state index in [0.29, 0.717) is 35.8 Å². The topological polar surface area (TPSA) is 60.1 Å². The van der Waals surface area contributed by atoms with Gasteiger partial charge in [-0.25, -0.2) is 0 Å². The van der Waals surface area contributed by atoms with Crippen molar-refractivity contribution in [2.24, 2.45) is 11.8 Å². The van der Waals surface area contributed by atoms with Gasteiger partial charge in [-0.15, -0.1) is 0 Å². The Kier molecular flexibility index (Phi) is 3.64. The van der Waals surface area contributed by atoms with Crippen LogP contribution < -0.4 is 11.1 Å². The average Bonchev–Trinajstić information content (AvgIpc) is 3.08. The molecule has 0 spiro atoms. The summed E-state index contributed by atoms with van der Waals surface area (Å²) < 4.78 is 2.02. The van der Waals surface area contributed by atoms with Crippen LogP contribution in [0.15, 0.2) is 12.3 Å².